The molecule has 1 rings (SSSR count). The summed E-state index contributed by atoms with van der Waals surface area (Å²) < 4.78 is 56.6. The Kier molecular flexibility index (Phi) is 4.78. The third kappa shape index (κ3) is 3.04. The fourth-order valence-electron chi connectivity index (χ4n) is 1.33. The van der Waals surface area contributed by atoms with Crippen LogP contribution in [0.5, 0.6) is 0 Å². The van der Waals surface area contributed by atoms with Crippen molar-refractivity contribution in [3.05, 3.63) is 29.3 Å². The molecule has 0 N–H and O–H groups in total. The summed E-state index contributed by atoms with van der Waals surface area (Å²) in [6, 6.07) is 1.57. The number of nitrogens with zero attached hydrogens (tertiary/aromatic N) is 1. The van der Waals surface area contributed by atoms with Gasteiger partial charge in [-0.25, -0.2) is 17.2 Å². The predicted octanol–water partition coefficient (Wildman–Crippen LogP) is 1.54. The minimum atomic E-state index is -4.04. The van der Waals surface area contributed by atoms with Crippen LogP contribution >= 0.6 is 0 Å². The lowest BCUT2D eigenvalue weighted by molar-refractivity contribution is 0.185. The highest BCUT2D eigenvalue weighted by molar-refractivity contribution is 7.89. The lowest BCUT2D eigenvalue weighted by Gasteiger charge is -2.17. The molecule has 1 aromatic carbocycles. The molecule has 0 heterocycles. The molecule has 0 fully saturated rings. The molecule has 0 aliphatic heterocycles. The predicted molar refractivity (Wildman–Crippen MR) is 62.8 cm³/mol. The first kappa shape index (κ1) is 15.0. The van der Waals surface area contributed by atoms with Crippen LogP contribution in [-0.2, 0) is 14.8 Å². The molecule has 18 heavy (non-hydrogen) atoms. The Morgan fingerprint density at radius 3 is 2.44 bits per heavy atom. The Bertz CT molecular complexity index is 531. The quantitative estimate of drug-likeness (QED) is 0.821. The van der Waals surface area contributed by atoms with Crippen LogP contribution in [-0.4, -0.2) is 40.0 Å². The molecular weight excluding hydrogens is 264 g/mol. The first-order chi connectivity index (χ1) is 8.30. The average Bonchev–Trinajstić information content (AvgIpc) is 2.30. The fraction of sp³-hybridized carbons (Fsp3) is 0.455. The van der Waals surface area contributed by atoms with Gasteiger partial charge in [0.1, 0.15) is 16.5 Å². The van der Waals surface area contributed by atoms with Crippen LogP contribution < -0.4 is 0 Å². The SMILES string of the molecule is COCCN(C)S(=O)(=O)c1cc(F)c(C)cc1F. The molecule has 1 aromatic rings. The highest BCUT2D eigenvalue weighted by atomic mass is 32.2. The van der Waals surface area contributed by atoms with E-state index >= 15 is 0 Å². The van der Waals surface area contributed by atoms with Crippen molar-refractivity contribution in [2.24, 2.45) is 0 Å². The normalized spacial score (nSPS) is 12.1. The molecule has 0 bridgehead atoms. The number of ether oxygens (including phenoxy) is 1. The summed E-state index contributed by atoms with van der Waals surface area (Å²) in [5, 5.41) is 0. The van der Waals surface area contributed by atoms with Crippen molar-refractivity contribution in [2.75, 3.05) is 27.3 Å². The molecule has 4 nitrogen and oxygen atoms in total. The number of likely N-dealkylation sites (N-methyl/N-ethyl adjacent to an activating group) is 1. The fourth-order valence-corrected chi connectivity index (χ4v) is 2.54. The highest BCUT2D eigenvalue weighted by Crippen LogP contribution is 2.21. The molecule has 102 valence electrons. The van der Waals surface area contributed by atoms with Gasteiger partial charge in [-0.3, -0.25) is 0 Å². The van der Waals surface area contributed by atoms with E-state index in [2.05, 4.69) is 0 Å². The summed E-state index contributed by atoms with van der Waals surface area (Å²) in [6.45, 7) is 1.60. The maximum atomic E-state index is 13.6. The van der Waals surface area contributed by atoms with Crippen LogP contribution in [0.4, 0.5) is 8.78 Å². The Morgan fingerprint density at radius 1 is 1.28 bits per heavy atom. The van der Waals surface area contributed by atoms with Gasteiger partial charge in [-0.2, -0.15) is 4.31 Å². The molecule has 0 saturated carbocycles. The average molecular weight is 279 g/mol. The minimum absolute atomic E-state index is 0.0611. The number of rotatable bonds is 5. The van der Waals surface area contributed by atoms with Gasteiger partial charge in [-0.15, -0.1) is 0 Å². The van der Waals surface area contributed by atoms with Gasteiger partial charge in [0, 0.05) is 20.7 Å². The van der Waals surface area contributed by atoms with E-state index in [1.807, 2.05) is 0 Å². The molecule has 0 amide bonds. The molecule has 0 unspecified atom stereocenters. The number of sulfonamides is 1. The van der Waals surface area contributed by atoms with Crippen molar-refractivity contribution in [3.63, 3.8) is 0 Å². The second kappa shape index (κ2) is 5.73. The van der Waals surface area contributed by atoms with E-state index in [1.54, 1.807) is 0 Å². The highest BCUT2D eigenvalue weighted by Gasteiger charge is 2.25. The van der Waals surface area contributed by atoms with E-state index in [0.29, 0.717) is 6.07 Å². The van der Waals surface area contributed by atoms with Crippen LogP contribution in [0.1, 0.15) is 5.56 Å². The van der Waals surface area contributed by atoms with Crippen molar-refractivity contribution in [2.45, 2.75) is 11.8 Å². The summed E-state index contributed by atoms with van der Waals surface area (Å²) >= 11 is 0. The van der Waals surface area contributed by atoms with E-state index in [9.17, 15) is 17.2 Å². The molecule has 0 aliphatic rings. The van der Waals surface area contributed by atoms with Crippen molar-refractivity contribution in [3.8, 4) is 0 Å². The van der Waals surface area contributed by atoms with E-state index in [4.69, 9.17) is 4.74 Å². The van der Waals surface area contributed by atoms with Gasteiger partial charge >= 0.3 is 0 Å². The third-order valence-electron chi connectivity index (χ3n) is 2.51. The minimum Gasteiger partial charge on any atom is -0.383 e. The zero-order valence-electron chi connectivity index (χ0n) is 10.4. The topological polar surface area (TPSA) is 46.6 Å². The lowest BCUT2D eigenvalue weighted by Crippen LogP contribution is -2.30. The standard InChI is InChI=1S/C11H15F2NO3S/c1-8-6-10(13)11(7-9(8)12)18(15,16)14(2)4-5-17-3/h6-7H,4-5H2,1-3H3. The van der Waals surface area contributed by atoms with Gasteiger partial charge in [0.15, 0.2) is 0 Å². The van der Waals surface area contributed by atoms with E-state index in [-0.39, 0.29) is 18.7 Å². The summed E-state index contributed by atoms with van der Waals surface area (Å²) in [4.78, 5) is -0.663. The molecule has 0 aromatic heterocycles. The van der Waals surface area contributed by atoms with Crippen molar-refractivity contribution in [1.29, 1.82) is 0 Å². The van der Waals surface area contributed by atoms with Gasteiger partial charge in [-0.05, 0) is 24.6 Å². The second-order valence-electron chi connectivity index (χ2n) is 3.85. The number of hydrogen-bond acceptors (Lipinski definition) is 3. The molecule has 0 aliphatic carbocycles. The summed E-state index contributed by atoms with van der Waals surface area (Å²) in [6.07, 6.45) is 0. The third-order valence-corrected chi connectivity index (χ3v) is 4.38. The van der Waals surface area contributed by atoms with Gasteiger partial charge in [0.2, 0.25) is 10.0 Å². The van der Waals surface area contributed by atoms with E-state index in [0.717, 1.165) is 10.4 Å². The number of hydrogen-bond donors (Lipinski definition) is 0. The largest absolute Gasteiger partial charge is 0.383 e. The smallest absolute Gasteiger partial charge is 0.245 e. The summed E-state index contributed by atoms with van der Waals surface area (Å²) in [7, 11) is -1.34. The molecule has 0 radical (unpaired) electrons. The van der Waals surface area contributed by atoms with E-state index < -0.39 is 26.6 Å². The zero-order chi connectivity index (χ0) is 13.9. The van der Waals surface area contributed by atoms with E-state index in [1.165, 1.54) is 21.1 Å². The zero-order valence-corrected chi connectivity index (χ0v) is 11.2. The van der Waals surface area contributed by atoms with Crippen LogP contribution in [0.25, 0.3) is 0 Å². The van der Waals surface area contributed by atoms with Crippen molar-refractivity contribution in [1.82, 2.24) is 4.31 Å². The molecule has 0 spiro atoms. The van der Waals surface area contributed by atoms with Crippen molar-refractivity contribution >= 4 is 10.0 Å². The van der Waals surface area contributed by atoms with Gasteiger partial charge in [-0.1, -0.05) is 0 Å². The number of methoxy groups -OCH3 is 1. The Morgan fingerprint density at radius 2 is 1.89 bits per heavy atom. The molecule has 0 saturated heterocycles. The Hall–Kier alpha value is -1.05. The van der Waals surface area contributed by atoms with Crippen molar-refractivity contribution < 1.29 is 21.9 Å². The van der Waals surface area contributed by atoms with Crippen LogP contribution in [0.2, 0.25) is 0 Å². The van der Waals surface area contributed by atoms with Gasteiger partial charge in [0.25, 0.3) is 0 Å². The summed E-state index contributed by atoms with van der Waals surface area (Å²) in [5.41, 5.74) is 0.0611. The van der Waals surface area contributed by atoms with Crippen LogP contribution in [0.15, 0.2) is 17.0 Å². The number of benzene rings is 1. The first-order valence-corrected chi connectivity index (χ1v) is 6.65. The Balaban J connectivity index is 3.16. The maximum absolute atomic E-state index is 13.6. The maximum Gasteiger partial charge on any atom is 0.245 e. The monoisotopic (exact) mass is 279 g/mol. The first-order valence-electron chi connectivity index (χ1n) is 5.21. The van der Waals surface area contributed by atoms with Gasteiger partial charge < -0.3 is 4.74 Å². The lowest BCUT2D eigenvalue weighted by atomic mass is 10.2. The number of halogens is 2. The number of aryl methyl sites for hydroxylation is 1. The molecule has 0 atom stereocenters. The molecular formula is C11H15F2NO3S. The summed E-state index contributed by atoms with van der Waals surface area (Å²) in [5.74, 6) is -1.71. The van der Waals surface area contributed by atoms with Crippen LogP contribution in [0, 0.1) is 18.6 Å². The Labute approximate surface area is 105 Å². The molecule has 7 heteroatoms. The van der Waals surface area contributed by atoms with Gasteiger partial charge in [0.05, 0.1) is 6.61 Å². The second-order valence-corrected chi connectivity index (χ2v) is 5.86. The van der Waals surface area contributed by atoms with Crippen LogP contribution in [0.3, 0.4) is 0 Å².